The molecule has 0 amide bonds. The Labute approximate surface area is 77.4 Å². The van der Waals surface area contributed by atoms with E-state index < -0.39 is 0 Å². The van der Waals surface area contributed by atoms with Crippen molar-refractivity contribution in [2.24, 2.45) is 0 Å². The zero-order chi connectivity index (χ0) is 9.42. The number of fused-ring (bicyclic) bond motifs is 1. The molecule has 1 aromatic rings. The van der Waals surface area contributed by atoms with Crippen LogP contribution in [-0.2, 0) is 0 Å². The molecule has 1 aliphatic heterocycles. The molecule has 0 spiro atoms. The Kier molecular flexibility index (Phi) is 1.72. The van der Waals surface area contributed by atoms with Crippen molar-refractivity contribution in [2.45, 2.75) is 6.92 Å². The highest BCUT2D eigenvalue weighted by molar-refractivity contribution is 5.96. The summed E-state index contributed by atoms with van der Waals surface area (Å²) >= 11 is 0. The standard InChI is InChI=1S/C10H12N2O/c1-7(13)8-3-4-10-9(5-8)11-6-12(10)2/h3-5,11H,6H2,1-2H3. The van der Waals surface area contributed by atoms with Crippen LogP contribution in [0.25, 0.3) is 0 Å². The van der Waals surface area contributed by atoms with Crippen LogP contribution >= 0.6 is 0 Å². The van der Waals surface area contributed by atoms with E-state index in [9.17, 15) is 4.79 Å². The van der Waals surface area contributed by atoms with E-state index in [4.69, 9.17) is 0 Å². The lowest BCUT2D eigenvalue weighted by Gasteiger charge is -2.09. The molecule has 1 N–H and O–H groups in total. The highest BCUT2D eigenvalue weighted by Gasteiger charge is 2.15. The minimum atomic E-state index is 0.110. The maximum Gasteiger partial charge on any atom is 0.159 e. The first-order valence-corrected chi connectivity index (χ1v) is 4.28. The predicted octanol–water partition coefficient (Wildman–Crippen LogP) is 1.71. The van der Waals surface area contributed by atoms with Crippen molar-refractivity contribution in [2.75, 3.05) is 23.9 Å². The average molecular weight is 176 g/mol. The molecule has 0 aromatic heterocycles. The van der Waals surface area contributed by atoms with E-state index in [1.807, 2.05) is 25.2 Å². The van der Waals surface area contributed by atoms with Crippen molar-refractivity contribution in [3.05, 3.63) is 23.8 Å². The van der Waals surface area contributed by atoms with Crippen molar-refractivity contribution in [3.8, 4) is 0 Å². The molecule has 0 unspecified atom stereocenters. The SMILES string of the molecule is CC(=O)c1ccc2c(c1)NCN2C. The number of hydrogen-bond donors (Lipinski definition) is 1. The fourth-order valence-electron chi connectivity index (χ4n) is 1.52. The topological polar surface area (TPSA) is 32.3 Å². The first-order valence-electron chi connectivity index (χ1n) is 4.28. The number of nitrogens with one attached hydrogen (secondary N) is 1. The van der Waals surface area contributed by atoms with Crippen LogP contribution in [0.1, 0.15) is 17.3 Å². The van der Waals surface area contributed by atoms with Gasteiger partial charge in [0.15, 0.2) is 5.78 Å². The van der Waals surface area contributed by atoms with Crippen molar-refractivity contribution in [1.29, 1.82) is 0 Å². The number of carbonyl (C=O) groups excluding carboxylic acids is 1. The second-order valence-electron chi connectivity index (χ2n) is 3.32. The third kappa shape index (κ3) is 1.26. The number of benzene rings is 1. The lowest BCUT2D eigenvalue weighted by molar-refractivity contribution is 0.101. The average Bonchev–Trinajstić information content (AvgIpc) is 2.47. The van der Waals surface area contributed by atoms with Crippen molar-refractivity contribution < 1.29 is 4.79 Å². The minimum Gasteiger partial charge on any atom is -0.366 e. The molecule has 0 saturated carbocycles. The summed E-state index contributed by atoms with van der Waals surface area (Å²) in [7, 11) is 2.02. The number of ketones is 1. The van der Waals surface area contributed by atoms with E-state index in [0.717, 1.165) is 23.6 Å². The zero-order valence-electron chi connectivity index (χ0n) is 7.79. The van der Waals surface area contributed by atoms with Gasteiger partial charge in [-0.1, -0.05) is 0 Å². The largest absolute Gasteiger partial charge is 0.366 e. The molecule has 68 valence electrons. The molecule has 0 atom stereocenters. The van der Waals surface area contributed by atoms with Crippen LogP contribution in [-0.4, -0.2) is 19.5 Å². The van der Waals surface area contributed by atoms with Gasteiger partial charge in [0.05, 0.1) is 18.0 Å². The van der Waals surface area contributed by atoms with Gasteiger partial charge in [0.1, 0.15) is 0 Å². The molecule has 2 rings (SSSR count). The maximum atomic E-state index is 11.1. The highest BCUT2D eigenvalue weighted by Crippen LogP contribution is 2.30. The van der Waals surface area contributed by atoms with E-state index in [0.29, 0.717) is 0 Å². The van der Waals surface area contributed by atoms with Crippen molar-refractivity contribution in [3.63, 3.8) is 0 Å². The van der Waals surface area contributed by atoms with Gasteiger partial charge >= 0.3 is 0 Å². The maximum absolute atomic E-state index is 11.1. The molecule has 0 aliphatic carbocycles. The molecule has 1 aromatic carbocycles. The Morgan fingerprint density at radius 1 is 1.54 bits per heavy atom. The number of nitrogens with zero attached hydrogens (tertiary/aromatic N) is 1. The minimum absolute atomic E-state index is 0.110. The Morgan fingerprint density at radius 2 is 2.31 bits per heavy atom. The van der Waals surface area contributed by atoms with E-state index >= 15 is 0 Å². The van der Waals surface area contributed by atoms with Gasteiger partial charge in [0.25, 0.3) is 0 Å². The highest BCUT2D eigenvalue weighted by atomic mass is 16.1. The number of anilines is 2. The summed E-state index contributed by atoms with van der Waals surface area (Å²) < 4.78 is 0. The monoisotopic (exact) mass is 176 g/mol. The summed E-state index contributed by atoms with van der Waals surface area (Å²) in [6.07, 6.45) is 0. The van der Waals surface area contributed by atoms with Crippen LogP contribution in [0.5, 0.6) is 0 Å². The molecule has 0 radical (unpaired) electrons. The first kappa shape index (κ1) is 8.10. The summed E-state index contributed by atoms with van der Waals surface area (Å²) in [4.78, 5) is 13.2. The van der Waals surface area contributed by atoms with Crippen LogP contribution in [0, 0.1) is 0 Å². The molecule has 0 saturated heterocycles. The smallest absolute Gasteiger partial charge is 0.159 e. The fraction of sp³-hybridized carbons (Fsp3) is 0.300. The molecule has 1 heterocycles. The molecule has 1 aliphatic rings. The summed E-state index contributed by atoms with van der Waals surface area (Å²) in [5.74, 6) is 0.110. The normalized spacial score (nSPS) is 13.8. The summed E-state index contributed by atoms with van der Waals surface area (Å²) in [5.41, 5.74) is 2.97. The lowest BCUT2D eigenvalue weighted by atomic mass is 10.1. The molecular formula is C10H12N2O. The van der Waals surface area contributed by atoms with Crippen LogP contribution in [0.3, 0.4) is 0 Å². The van der Waals surface area contributed by atoms with E-state index in [2.05, 4.69) is 10.2 Å². The number of carbonyl (C=O) groups is 1. The third-order valence-corrected chi connectivity index (χ3v) is 2.32. The molecule has 3 nitrogen and oxygen atoms in total. The van der Waals surface area contributed by atoms with Gasteiger partial charge in [0, 0.05) is 12.6 Å². The van der Waals surface area contributed by atoms with Gasteiger partial charge in [-0.2, -0.15) is 0 Å². The molecule has 0 bridgehead atoms. The van der Waals surface area contributed by atoms with E-state index in [1.54, 1.807) is 6.92 Å². The van der Waals surface area contributed by atoms with Gasteiger partial charge in [-0.3, -0.25) is 4.79 Å². The second kappa shape index (κ2) is 2.76. The summed E-state index contributed by atoms with van der Waals surface area (Å²) in [5, 5.41) is 3.22. The zero-order valence-corrected chi connectivity index (χ0v) is 7.79. The molecule has 0 fully saturated rings. The molecular weight excluding hydrogens is 164 g/mol. The van der Waals surface area contributed by atoms with E-state index in [-0.39, 0.29) is 5.78 Å². The van der Waals surface area contributed by atoms with Gasteiger partial charge in [-0.05, 0) is 25.1 Å². The molecule has 13 heavy (non-hydrogen) atoms. The van der Waals surface area contributed by atoms with Gasteiger partial charge in [-0.25, -0.2) is 0 Å². The van der Waals surface area contributed by atoms with Crippen LogP contribution in [0.2, 0.25) is 0 Å². The number of hydrogen-bond acceptors (Lipinski definition) is 3. The first-order chi connectivity index (χ1) is 6.18. The Bertz CT molecular complexity index is 360. The van der Waals surface area contributed by atoms with Crippen LogP contribution < -0.4 is 10.2 Å². The predicted molar refractivity (Wildman–Crippen MR) is 53.3 cm³/mol. The summed E-state index contributed by atoms with van der Waals surface area (Å²) in [6, 6.07) is 5.75. The summed E-state index contributed by atoms with van der Waals surface area (Å²) in [6.45, 7) is 2.40. The Balaban J connectivity index is 2.45. The second-order valence-corrected chi connectivity index (χ2v) is 3.32. The Hall–Kier alpha value is -1.51. The van der Waals surface area contributed by atoms with E-state index in [1.165, 1.54) is 0 Å². The fourth-order valence-corrected chi connectivity index (χ4v) is 1.52. The number of Topliss-reactive ketones (excluding diaryl/α,β-unsaturated/α-hetero) is 1. The Morgan fingerprint density at radius 3 is 3.00 bits per heavy atom. The lowest BCUT2D eigenvalue weighted by Crippen LogP contribution is -2.15. The third-order valence-electron chi connectivity index (χ3n) is 2.32. The van der Waals surface area contributed by atoms with Crippen molar-refractivity contribution >= 4 is 17.2 Å². The van der Waals surface area contributed by atoms with Crippen molar-refractivity contribution in [1.82, 2.24) is 0 Å². The van der Waals surface area contributed by atoms with Gasteiger partial charge < -0.3 is 10.2 Å². The van der Waals surface area contributed by atoms with Crippen LogP contribution in [0.15, 0.2) is 18.2 Å². The van der Waals surface area contributed by atoms with Gasteiger partial charge in [0.2, 0.25) is 0 Å². The number of rotatable bonds is 1. The van der Waals surface area contributed by atoms with Crippen LogP contribution in [0.4, 0.5) is 11.4 Å². The quantitative estimate of drug-likeness (QED) is 0.661. The molecule has 3 heteroatoms. The van der Waals surface area contributed by atoms with Gasteiger partial charge in [-0.15, -0.1) is 0 Å².